The summed E-state index contributed by atoms with van der Waals surface area (Å²) < 4.78 is 0. The van der Waals surface area contributed by atoms with Gasteiger partial charge in [-0.15, -0.1) is 0 Å². The third kappa shape index (κ3) is 1.72. The molecule has 1 aromatic carbocycles. The van der Waals surface area contributed by atoms with E-state index in [1.54, 1.807) is 0 Å². The van der Waals surface area contributed by atoms with Crippen molar-refractivity contribution < 1.29 is 15.0 Å². The van der Waals surface area contributed by atoms with Gasteiger partial charge < -0.3 is 5.11 Å². The van der Waals surface area contributed by atoms with Gasteiger partial charge in [-0.1, -0.05) is 11.6 Å². The molecule has 14 heavy (non-hydrogen) atoms. The van der Waals surface area contributed by atoms with Gasteiger partial charge in [0.1, 0.15) is 5.75 Å². The molecule has 0 bridgehead atoms. The molecule has 0 heterocycles. The zero-order valence-corrected chi connectivity index (χ0v) is 7.26. The summed E-state index contributed by atoms with van der Waals surface area (Å²) in [5, 5.41) is 29.1. The highest BCUT2D eigenvalue weighted by molar-refractivity contribution is 6.34. The summed E-state index contributed by atoms with van der Waals surface area (Å²) >= 11 is 5.35. The molecule has 0 amide bonds. The van der Waals surface area contributed by atoms with Gasteiger partial charge in [-0.05, 0) is 0 Å². The molecule has 0 spiro atoms. The van der Waals surface area contributed by atoms with Crippen LogP contribution in [0.25, 0.3) is 0 Å². The molecule has 0 unspecified atom stereocenters. The van der Waals surface area contributed by atoms with Crippen molar-refractivity contribution in [3.63, 3.8) is 0 Å². The van der Waals surface area contributed by atoms with Crippen LogP contribution < -0.4 is 0 Å². The number of nitrogens with zero attached hydrogens (tertiary/aromatic N) is 2. The molecule has 1 aromatic rings. The zero-order chi connectivity index (χ0) is 10.9. The van der Waals surface area contributed by atoms with E-state index in [0.29, 0.717) is 6.07 Å². The van der Waals surface area contributed by atoms with Crippen LogP contribution >= 0.6 is 11.6 Å². The van der Waals surface area contributed by atoms with Crippen LogP contribution in [0.1, 0.15) is 0 Å². The van der Waals surface area contributed by atoms with Crippen LogP contribution in [0.4, 0.5) is 11.4 Å². The lowest BCUT2D eigenvalue weighted by atomic mass is 10.2. The predicted molar refractivity (Wildman–Crippen MR) is 46.4 cm³/mol. The fraction of sp³-hybridized carbons (Fsp3) is 0. The molecule has 0 aliphatic heterocycles. The normalized spacial score (nSPS) is 9.79. The molecule has 8 heteroatoms. The van der Waals surface area contributed by atoms with Crippen molar-refractivity contribution in [3.8, 4) is 5.75 Å². The van der Waals surface area contributed by atoms with E-state index in [1.807, 2.05) is 0 Å². The maximum atomic E-state index is 10.3. The van der Waals surface area contributed by atoms with Crippen LogP contribution in [0, 0.1) is 20.2 Å². The lowest BCUT2D eigenvalue weighted by Crippen LogP contribution is -1.93. The van der Waals surface area contributed by atoms with Crippen LogP contribution in [-0.4, -0.2) is 15.0 Å². The minimum absolute atomic E-state index is 0.513. The highest BCUT2D eigenvalue weighted by Gasteiger charge is 2.22. The second-order valence-corrected chi connectivity index (χ2v) is 2.69. The number of nitro benzene ring substituents is 2. The number of benzene rings is 1. The van der Waals surface area contributed by atoms with E-state index in [-0.39, 0.29) is 0 Å². The van der Waals surface area contributed by atoms with Gasteiger partial charge in [-0.25, -0.2) is 0 Å². The molecule has 0 fully saturated rings. The second kappa shape index (κ2) is 3.46. The molecule has 0 aromatic heterocycles. The Kier molecular flexibility index (Phi) is 2.52. The summed E-state index contributed by atoms with van der Waals surface area (Å²) in [5.41, 5.74) is -1.28. The first-order chi connectivity index (χ1) is 6.43. The summed E-state index contributed by atoms with van der Waals surface area (Å²) in [5.74, 6) is -0.687. The van der Waals surface area contributed by atoms with Crippen molar-refractivity contribution >= 4 is 23.0 Å². The highest BCUT2D eigenvalue weighted by Crippen LogP contribution is 2.36. The Bertz CT molecular complexity index is 419. The number of phenolic OH excluding ortho intramolecular Hbond substituents is 1. The molecule has 0 radical (unpaired) electrons. The van der Waals surface area contributed by atoms with Crippen molar-refractivity contribution in [3.05, 3.63) is 37.4 Å². The first-order valence-corrected chi connectivity index (χ1v) is 3.62. The van der Waals surface area contributed by atoms with E-state index in [1.165, 1.54) is 0 Å². The second-order valence-electron chi connectivity index (χ2n) is 2.31. The molecule has 0 saturated heterocycles. The van der Waals surface area contributed by atoms with E-state index >= 15 is 0 Å². The van der Waals surface area contributed by atoms with E-state index in [4.69, 9.17) is 16.7 Å². The van der Waals surface area contributed by atoms with Gasteiger partial charge in [-0.2, -0.15) is 0 Å². The maximum absolute atomic E-state index is 10.3. The van der Waals surface area contributed by atoms with Crippen molar-refractivity contribution in [1.29, 1.82) is 0 Å². The monoisotopic (exact) mass is 218 g/mol. The number of nitro groups is 2. The minimum atomic E-state index is -0.908. The molecular formula is C6H3ClN2O5. The average molecular weight is 219 g/mol. The minimum Gasteiger partial charge on any atom is -0.506 e. The molecule has 1 N–H and O–H groups in total. The molecule has 0 saturated carbocycles. The van der Waals surface area contributed by atoms with E-state index in [0.717, 1.165) is 6.07 Å². The van der Waals surface area contributed by atoms with Crippen molar-refractivity contribution in [2.75, 3.05) is 0 Å². The summed E-state index contributed by atoms with van der Waals surface area (Å²) in [4.78, 5) is 18.8. The third-order valence-corrected chi connectivity index (χ3v) is 1.81. The SMILES string of the molecule is O=[N+]([O-])c1cc(O)c(Cl)c([N+](=O)[O-])c1. The molecule has 74 valence electrons. The predicted octanol–water partition coefficient (Wildman–Crippen LogP) is 1.86. The van der Waals surface area contributed by atoms with E-state index in [9.17, 15) is 20.2 Å². The average Bonchev–Trinajstić information content (AvgIpc) is 2.08. The molecule has 0 aliphatic rings. The lowest BCUT2D eigenvalue weighted by molar-refractivity contribution is -0.394. The smallest absolute Gasteiger partial charge is 0.298 e. The fourth-order valence-electron chi connectivity index (χ4n) is 0.818. The molecule has 0 aliphatic carbocycles. The fourth-order valence-corrected chi connectivity index (χ4v) is 0.996. The van der Waals surface area contributed by atoms with Crippen LogP contribution in [0.3, 0.4) is 0 Å². The highest BCUT2D eigenvalue weighted by atomic mass is 35.5. The van der Waals surface area contributed by atoms with Crippen LogP contribution in [-0.2, 0) is 0 Å². The van der Waals surface area contributed by atoms with Gasteiger partial charge >= 0.3 is 0 Å². The largest absolute Gasteiger partial charge is 0.506 e. The molecular weight excluding hydrogens is 216 g/mol. The number of rotatable bonds is 2. The van der Waals surface area contributed by atoms with Gasteiger partial charge in [0.05, 0.1) is 22.0 Å². The Hall–Kier alpha value is -1.89. The van der Waals surface area contributed by atoms with Crippen LogP contribution in [0.2, 0.25) is 5.02 Å². The Labute approximate surface area is 81.8 Å². The van der Waals surface area contributed by atoms with Gasteiger partial charge in [0.15, 0.2) is 5.02 Å². The summed E-state index contributed by atoms with van der Waals surface area (Å²) in [6, 6.07) is 1.43. The number of phenols is 1. The van der Waals surface area contributed by atoms with E-state index in [2.05, 4.69) is 0 Å². The Morgan fingerprint density at radius 1 is 1.21 bits per heavy atom. The molecule has 0 atom stereocenters. The Morgan fingerprint density at radius 3 is 2.21 bits per heavy atom. The van der Waals surface area contributed by atoms with Gasteiger partial charge in [0, 0.05) is 0 Å². The number of hydrogen-bond donors (Lipinski definition) is 1. The van der Waals surface area contributed by atoms with Crippen LogP contribution in [0.15, 0.2) is 12.1 Å². The summed E-state index contributed by atoms with van der Waals surface area (Å²) in [6.45, 7) is 0. The lowest BCUT2D eigenvalue weighted by Gasteiger charge is -1.98. The number of halogens is 1. The topological polar surface area (TPSA) is 107 Å². The van der Waals surface area contributed by atoms with Crippen molar-refractivity contribution in [1.82, 2.24) is 0 Å². The van der Waals surface area contributed by atoms with E-state index < -0.39 is 32.0 Å². The molecule has 1 rings (SSSR count). The van der Waals surface area contributed by atoms with Gasteiger partial charge in [-0.3, -0.25) is 20.2 Å². The third-order valence-electron chi connectivity index (χ3n) is 1.43. The van der Waals surface area contributed by atoms with Crippen molar-refractivity contribution in [2.45, 2.75) is 0 Å². The number of non-ortho nitro benzene ring substituents is 1. The summed E-state index contributed by atoms with van der Waals surface area (Å²) in [7, 11) is 0. The van der Waals surface area contributed by atoms with Crippen LogP contribution in [0.5, 0.6) is 5.75 Å². The Balaban J connectivity index is 3.43. The van der Waals surface area contributed by atoms with Gasteiger partial charge in [0.25, 0.3) is 11.4 Å². The zero-order valence-electron chi connectivity index (χ0n) is 6.51. The quantitative estimate of drug-likeness (QED) is 0.602. The van der Waals surface area contributed by atoms with Gasteiger partial charge in [0.2, 0.25) is 0 Å². The first kappa shape index (κ1) is 10.2. The Morgan fingerprint density at radius 2 is 1.79 bits per heavy atom. The standard InChI is InChI=1S/C6H3ClN2O5/c7-6-4(9(13)14)1-3(8(11)12)2-5(6)10/h1-2,10H. The molecule has 7 nitrogen and oxygen atoms in total. The number of aromatic hydroxyl groups is 1. The first-order valence-electron chi connectivity index (χ1n) is 3.24. The number of hydrogen-bond acceptors (Lipinski definition) is 5. The maximum Gasteiger partial charge on any atom is 0.298 e. The summed E-state index contributed by atoms with van der Waals surface area (Å²) in [6.07, 6.45) is 0. The van der Waals surface area contributed by atoms with Crippen molar-refractivity contribution in [2.24, 2.45) is 0 Å².